The van der Waals surface area contributed by atoms with E-state index in [9.17, 15) is 14.0 Å². The number of carbonyl (C=O) groups is 2. The van der Waals surface area contributed by atoms with E-state index in [4.69, 9.17) is 0 Å². The number of carbonyl (C=O) groups excluding carboxylic acids is 2. The van der Waals surface area contributed by atoms with E-state index in [2.05, 4.69) is 16.0 Å². The highest BCUT2D eigenvalue weighted by Crippen LogP contribution is 2.32. The summed E-state index contributed by atoms with van der Waals surface area (Å²) in [6.07, 6.45) is 2.27. The number of anilines is 1. The van der Waals surface area contributed by atoms with Gasteiger partial charge in [0.25, 0.3) is 0 Å². The predicted octanol–water partition coefficient (Wildman–Crippen LogP) is 1.12. The molecule has 2 atom stereocenters. The van der Waals surface area contributed by atoms with E-state index in [0.717, 1.165) is 19.4 Å². The largest absolute Gasteiger partial charge is 0.354 e. The summed E-state index contributed by atoms with van der Waals surface area (Å²) in [6, 6.07) is 4.45. The highest BCUT2D eigenvalue weighted by molar-refractivity contribution is 6.01. The van der Waals surface area contributed by atoms with Gasteiger partial charge < -0.3 is 16.0 Å². The lowest BCUT2D eigenvalue weighted by Crippen LogP contribution is -2.41. The monoisotopic (exact) mass is 291 g/mol. The summed E-state index contributed by atoms with van der Waals surface area (Å²) < 4.78 is 13.2. The molecule has 112 valence electrons. The van der Waals surface area contributed by atoms with E-state index in [1.165, 1.54) is 12.1 Å². The van der Waals surface area contributed by atoms with Crippen molar-refractivity contribution in [1.29, 1.82) is 0 Å². The molecule has 0 radical (unpaired) electrons. The van der Waals surface area contributed by atoms with Crippen molar-refractivity contribution in [3.05, 3.63) is 29.6 Å². The van der Waals surface area contributed by atoms with Crippen molar-refractivity contribution in [1.82, 2.24) is 10.6 Å². The average molecular weight is 291 g/mol. The van der Waals surface area contributed by atoms with Crippen LogP contribution in [0, 0.1) is 5.82 Å². The third-order valence-electron chi connectivity index (χ3n) is 4.06. The zero-order chi connectivity index (χ0) is 14.8. The number of halogens is 1. The fourth-order valence-electron chi connectivity index (χ4n) is 2.95. The van der Waals surface area contributed by atoms with Gasteiger partial charge in [-0.3, -0.25) is 9.59 Å². The fraction of sp³-hybridized carbons (Fsp3) is 0.467. The molecule has 0 aromatic heterocycles. The van der Waals surface area contributed by atoms with Crippen LogP contribution in [-0.4, -0.2) is 30.9 Å². The normalized spacial score (nSPS) is 24.3. The van der Waals surface area contributed by atoms with Gasteiger partial charge in [-0.15, -0.1) is 0 Å². The van der Waals surface area contributed by atoms with E-state index in [-0.39, 0.29) is 18.2 Å². The standard InChI is InChI=1S/C15H18FN3O2/c16-9-3-4-11-12(7-14(20)19-13(11)6-9)15(21)18-8-10-2-1-5-17-10/h3-4,6,10,12,17H,1-2,5,7-8H2,(H,18,21)(H,19,20). The molecule has 6 heteroatoms. The van der Waals surface area contributed by atoms with Gasteiger partial charge in [0.2, 0.25) is 11.8 Å². The number of hydrogen-bond acceptors (Lipinski definition) is 3. The van der Waals surface area contributed by atoms with E-state index in [1.54, 1.807) is 6.07 Å². The van der Waals surface area contributed by atoms with Crippen molar-refractivity contribution in [3.8, 4) is 0 Å². The second-order valence-electron chi connectivity index (χ2n) is 5.57. The minimum Gasteiger partial charge on any atom is -0.354 e. The molecule has 1 saturated heterocycles. The summed E-state index contributed by atoms with van der Waals surface area (Å²) in [6.45, 7) is 1.54. The molecule has 21 heavy (non-hydrogen) atoms. The molecule has 0 aliphatic carbocycles. The Morgan fingerprint density at radius 1 is 1.43 bits per heavy atom. The van der Waals surface area contributed by atoms with Gasteiger partial charge >= 0.3 is 0 Å². The number of amides is 2. The highest BCUT2D eigenvalue weighted by atomic mass is 19.1. The predicted molar refractivity (Wildman–Crippen MR) is 76.4 cm³/mol. The van der Waals surface area contributed by atoms with Gasteiger partial charge in [0, 0.05) is 24.7 Å². The molecule has 2 unspecified atom stereocenters. The average Bonchev–Trinajstić information content (AvgIpc) is 2.96. The van der Waals surface area contributed by atoms with Crippen LogP contribution < -0.4 is 16.0 Å². The smallest absolute Gasteiger partial charge is 0.228 e. The van der Waals surface area contributed by atoms with Crippen molar-refractivity contribution < 1.29 is 14.0 Å². The Bertz CT molecular complexity index is 570. The van der Waals surface area contributed by atoms with Crippen LogP contribution in [0.15, 0.2) is 18.2 Å². The van der Waals surface area contributed by atoms with Crippen molar-refractivity contribution in [2.24, 2.45) is 0 Å². The molecule has 2 aliphatic rings. The van der Waals surface area contributed by atoms with Gasteiger partial charge in [0.05, 0.1) is 5.92 Å². The molecule has 2 heterocycles. The molecule has 1 fully saturated rings. The molecule has 0 spiro atoms. The van der Waals surface area contributed by atoms with Crippen LogP contribution in [0.5, 0.6) is 0 Å². The summed E-state index contributed by atoms with van der Waals surface area (Å²) >= 11 is 0. The Kier molecular flexibility index (Phi) is 3.88. The van der Waals surface area contributed by atoms with Crippen LogP contribution in [0.25, 0.3) is 0 Å². The van der Waals surface area contributed by atoms with Crippen molar-refractivity contribution in [2.45, 2.75) is 31.2 Å². The lowest BCUT2D eigenvalue weighted by Gasteiger charge is -2.25. The first-order chi connectivity index (χ1) is 10.1. The summed E-state index contributed by atoms with van der Waals surface area (Å²) in [4.78, 5) is 24.0. The van der Waals surface area contributed by atoms with E-state index in [1.807, 2.05) is 0 Å². The molecule has 3 N–H and O–H groups in total. The van der Waals surface area contributed by atoms with Crippen LogP contribution >= 0.6 is 0 Å². The summed E-state index contributed by atoms with van der Waals surface area (Å²) in [7, 11) is 0. The summed E-state index contributed by atoms with van der Waals surface area (Å²) in [5.41, 5.74) is 1.07. The SMILES string of the molecule is O=C1CC(C(=O)NCC2CCCN2)c2ccc(F)cc2N1. The van der Waals surface area contributed by atoms with Gasteiger partial charge in [0.15, 0.2) is 0 Å². The molecular weight excluding hydrogens is 273 g/mol. The quantitative estimate of drug-likeness (QED) is 0.781. The number of rotatable bonds is 3. The minimum absolute atomic E-state index is 0.0998. The van der Waals surface area contributed by atoms with E-state index in [0.29, 0.717) is 23.8 Å². The van der Waals surface area contributed by atoms with Gasteiger partial charge in [-0.05, 0) is 37.1 Å². The maximum Gasteiger partial charge on any atom is 0.228 e. The number of hydrogen-bond donors (Lipinski definition) is 3. The van der Waals surface area contributed by atoms with Crippen molar-refractivity contribution in [2.75, 3.05) is 18.4 Å². The van der Waals surface area contributed by atoms with Crippen molar-refractivity contribution in [3.63, 3.8) is 0 Å². The van der Waals surface area contributed by atoms with E-state index < -0.39 is 11.7 Å². The molecule has 1 aromatic carbocycles. The number of fused-ring (bicyclic) bond motifs is 1. The molecular formula is C15H18FN3O2. The Hall–Kier alpha value is -1.95. The zero-order valence-electron chi connectivity index (χ0n) is 11.6. The maximum absolute atomic E-state index is 13.2. The summed E-state index contributed by atoms with van der Waals surface area (Å²) in [5, 5.41) is 8.81. The molecule has 0 bridgehead atoms. The Morgan fingerprint density at radius 3 is 3.05 bits per heavy atom. The van der Waals surface area contributed by atoms with Gasteiger partial charge in [-0.25, -0.2) is 4.39 Å². The van der Waals surface area contributed by atoms with Crippen LogP contribution in [-0.2, 0) is 9.59 Å². The third-order valence-corrected chi connectivity index (χ3v) is 4.06. The maximum atomic E-state index is 13.2. The first-order valence-corrected chi connectivity index (χ1v) is 7.24. The molecule has 0 saturated carbocycles. The van der Waals surface area contributed by atoms with Gasteiger partial charge in [-0.1, -0.05) is 6.07 Å². The Morgan fingerprint density at radius 2 is 2.29 bits per heavy atom. The van der Waals surface area contributed by atoms with Gasteiger partial charge in [0.1, 0.15) is 5.82 Å². The topological polar surface area (TPSA) is 70.2 Å². The first-order valence-electron chi connectivity index (χ1n) is 7.24. The van der Waals surface area contributed by atoms with E-state index >= 15 is 0 Å². The zero-order valence-corrected chi connectivity index (χ0v) is 11.6. The second kappa shape index (κ2) is 5.81. The molecule has 5 nitrogen and oxygen atoms in total. The molecule has 1 aromatic rings. The number of benzene rings is 1. The highest BCUT2D eigenvalue weighted by Gasteiger charge is 2.31. The Labute approximate surface area is 122 Å². The second-order valence-corrected chi connectivity index (χ2v) is 5.57. The molecule has 2 amide bonds. The lowest BCUT2D eigenvalue weighted by atomic mass is 9.89. The van der Waals surface area contributed by atoms with Crippen LogP contribution in [0.2, 0.25) is 0 Å². The lowest BCUT2D eigenvalue weighted by molar-refractivity contribution is -0.126. The number of nitrogens with one attached hydrogen (secondary N) is 3. The van der Waals surface area contributed by atoms with Crippen LogP contribution in [0.1, 0.15) is 30.7 Å². The minimum atomic E-state index is -0.546. The Balaban J connectivity index is 1.72. The molecule has 3 rings (SSSR count). The third kappa shape index (κ3) is 3.05. The van der Waals surface area contributed by atoms with Crippen molar-refractivity contribution >= 4 is 17.5 Å². The molecule has 2 aliphatic heterocycles. The van der Waals surface area contributed by atoms with Crippen LogP contribution in [0.3, 0.4) is 0 Å². The fourth-order valence-corrected chi connectivity index (χ4v) is 2.95. The summed E-state index contributed by atoms with van der Waals surface area (Å²) in [5.74, 6) is -1.40. The van der Waals surface area contributed by atoms with Gasteiger partial charge in [-0.2, -0.15) is 0 Å². The first kappa shape index (κ1) is 14.0. The van der Waals surface area contributed by atoms with Crippen LogP contribution in [0.4, 0.5) is 10.1 Å².